The molecule has 0 bridgehead atoms. The van der Waals surface area contributed by atoms with Crippen LogP contribution in [0.25, 0.3) is 5.69 Å². The molecule has 0 aromatic carbocycles. The molecule has 0 aliphatic heterocycles. The molecule has 0 amide bonds. The van der Waals surface area contributed by atoms with Crippen molar-refractivity contribution in [3.63, 3.8) is 0 Å². The zero-order chi connectivity index (χ0) is 16.5. The molecule has 0 saturated carbocycles. The third kappa shape index (κ3) is 2.60. The SMILES string of the molecule is CC(=NO)c1nnn(-c2cc(C(F)(F)F)cnc2C#N)c1C. The van der Waals surface area contributed by atoms with Crippen LogP contribution in [0.2, 0.25) is 0 Å². The summed E-state index contributed by atoms with van der Waals surface area (Å²) in [6.45, 7) is 2.97. The van der Waals surface area contributed by atoms with Crippen LogP contribution >= 0.6 is 0 Å². The summed E-state index contributed by atoms with van der Waals surface area (Å²) in [5.74, 6) is 0. The van der Waals surface area contributed by atoms with Gasteiger partial charge in [-0.3, -0.25) is 0 Å². The van der Waals surface area contributed by atoms with Crippen LogP contribution in [-0.4, -0.2) is 30.9 Å². The van der Waals surface area contributed by atoms with Crippen molar-refractivity contribution in [3.8, 4) is 11.8 Å². The van der Waals surface area contributed by atoms with E-state index in [1.165, 1.54) is 13.8 Å². The number of rotatable bonds is 2. The van der Waals surface area contributed by atoms with E-state index >= 15 is 0 Å². The molecule has 2 rings (SSSR count). The van der Waals surface area contributed by atoms with E-state index in [1.54, 1.807) is 6.07 Å². The fraction of sp³-hybridized carbons (Fsp3) is 0.250. The lowest BCUT2D eigenvalue weighted by Gasteiger charge is -2.10. The van der Waals surface area contributed by atoms with Crippen LogP contribution in [0.3, 0.4) is 0 Å². The van der Waals surface area contributed by atoms with E-state index < -0.39 is 11.7 Å². The number of nitriles is 1. The topological polar surface area (TPSA) is 100.0 Å². The van der Waals surface area contributed by atoms with Crippen molar-refractivity contribution < 1.29 is 18.4 Å². The van der Waals surface area contributed by atoms with Gasteiger partial charge in [0.05, 0.1) is 11.3 Å². The Labute approximate surface area is 122 Å². The van der Waals surface area contributed by atoms with Crippen LogP contribution in [-0.2, 0) is 6.18 Å². The van der Waals surface area contributed by atoms with E-state index in [0.717, 1.165) is 10.7 Å². The summed E-state index contributed by atoms with van der Waals surface area (Å²) in [4.78, 5) is 3.51. The number of alkyl halides is 3. The summed E-state index contributed by atoms with van der Waals surface area (Å²) in [6.07, 6.45) is -4.02. The number of halogens is 3. The summed E-state index contributed by atoms with van der Waals surface area (Å²) < 4.78 is 39.4. The predicted octanol–water partition coefficient (Wildman–Crippen LogP) is 2.06. The van der Waals surface area contributed by atoms with E-state index in [4.69, 9.17) is 10.5 Å². The van der Waals surface area contributed by atoms with Crippen molar-refractivity contribution in [2.45, 2.75) is 20.0 Å². The molecule has 1 N–H and O–H groups in total. The van der Waals surface area contributed by atoms with Gasteiger partial charge in [-0.05, 0) is 19.9 Å². The Balaban J connectivity index is 2.67. The van der Waals surface area contributed by atoms with Gasteiger partial charge in [-0.2, -0.15) is 18.4 Å². The summed E-state index contributed by atoms with van der Waals surface area (Å²) in [7, 11) is 0. The zero-order valence-corrected chi connectivity index (χ0v) is 11.4. The second-order valence-electron chi connectivity index (χ2n) is 4.32. The Morgan fingerprint density at radius 2 is 2.14 bits per heavy atom. The first kappa shape index (κ1) is 15.4. The van der Waals surface area contributed by atoms with Crippen molar-refractivity contribution in [2.75, 3.05) is 0 Å². The van der Waals surface area contributed by atoms with Crippen molar-refractivity contribution >= 4 is 5.71 Å². The van der Waals surface area contributed by atoms with Gasteiger partial charge in [-0.1, -0.05) is 10.4 Å². The van der Waals surface area contributed by atoms with Crippen LogP contribution in [0.4, 0.5) is 13.2 Å². The number of oxime groups is 1. The van der Waals surface area contributed by atoms with Gasteiger partial charge in [0, 0.05) is 6.20 Å². The maximum absolute atomic E-state index is 12.8. The van der Waals surface area contributed by atoms with Gasteiger partial charge in [0.2, 0.25) is 0 Å². The first-order valence-corrected chi connectivity index (χ1v) is 5.88. The lowest BCUT2D eigenvalue weighted by atomic mass is 10.2. The highest BCUT2D eigenvalue weighted by atomic mass is 19.4. The lowest BCUT2D eigenvalue weighted by Crippen LogP contribution is -2.11. The molecule has 7 nitrogen and oxygen atoms in total. The van der Waals surface area contributed by atoms with Crippen LogP contribution < -0.4 is 0 Å². The van der Waals surface area contributed by atoms with Crippen LogP contribution in [0.15, 0.2) is 17.4 Å². The molecule has 0 saturated heterocycles. The normalized spacial score (nSPS) is 12.3. The maximum Gasteiger partial charge on any atom is 0.417 e. The van der Waals surface area contributed by atoms with Gasteiger partial charge in [0.1, 0.15) is 23.2 Å². The quantitative estimate of drug-likeness (QED) is 0.520. The van der Waals surface area contributed by atoms with Crippen molar-refractivity contribution in [1.82, 2.24) is 20.0 Å². The molecule has 0 unspecified atom stereocenters. The molecule has 0 radical (unpaired) electrons. The summed E-state index contributed by atoms with van der Waals surface area (Å²) >= 11 is 0. The standard InChI is InChI=1S/C12H9F3N6O/c1-6(19-22)11-7(2)21(20-18-11)10-3-8(12(13,14)15)5-17-9(10)4-16/h3,5,22H,1-2H3. The summed E-state index contributed by atoms with van der Waals surface area (Å²) in [6, 6.07) is 2.47. The van der Waals surface area contributed by atoms with Gasteiger partial charge in [-0.25, -0.2) is 9.67 Å². The first-order chi connectivity index (χ1) is 10.3. The van der Waals surface area contributed by atoms with Crippen LogP contribution in [0.1, 0.15) is 29.6 Å². The van der Waals surface area contributed by atoms with E-state index in [2.05, 4.69) is 20.5 Å². The molecule has 0 fully saturated rings. The Hall–Kier alpha value is -2.96. The number of pyridine rings is 1. The second-order valence-corrected chi connectivity index (χ2v) is 4.32. The van der Waals surface area contributed by atoms with Gasteiger partial charge in [-0.15, -0.1) is 5.10 Å². The molecule has 0 aliphatic carbocycles. The number of aromatic nitrogens is 4. The minimum atomic E-state index is -4.60. The average molecular weight is 310 g/mol. The van der Waals surface area contributed by atoms with Crippen LogP contribution in [0, 0.1) is 18.3 Å². The van der Waals surface area contributed by atoms with Crippen LogP contribution in [0.5, 0.6) is 0 Å². The third-order valence-electron chi connectivity index (χ3n) is 2.92. The molecule has 2 aromatic rings. The van der Waals surface area contributed by atoms with Gasteiger partial charge in [0.15, 0.2) is 5.69 Å². The molecular formula is C12H9F3N6O. The molecule has 2 heterocycles. The average Bonchev–Trinajstić information content (AvgIpc) is 2.86. The van der Waals surface area contributed by atoms with Crippen molar-refractivity contribution in [1.29, 1.82) is 5.26 Å². The predicted molar refractivity (Wildman–Crippen MR) is 67.6 cm³/mol. The number of nitrogens with zero attached hydrogens (tertiary/aromatic N) is 6. The maximum atomic E-state index is 12.8. The van der Waals surface area contributed by atoms with E-state index in [-0.39, 0.29) is 22.8 Å². The zero-order valence-electron chi connectivity index (χ0n) is 11.4. The minimum absolute atomic E-state index is 0.141. The number of hydrogen-bond acceptors (Lipinski definition) is 6. The highest BCUT2D eigenvalue weighted by Crippen LogP contribution is 2.30. The fourth-order valence-electron chi connectivity index (χ4n) is 1.80. The lowest BCUT2D eigenvalue weighted by molar-refractivity contribution is -0.137. The van der Waals surface area contributed by atoms with Gasteiger partial charge < -0.3 is 5.21 Å². The Morgan fingerprint density at radius 1 is 1.45 bits per heavy atom. The molecular weight excluding hydrogens is 301 g/mol. The third-order valence-corrected chi connectivity index (χ3v) is 2.92. The van der Waals surface area contributed by atoms with Crippen molar-refractivity contribution in [3.05, 3.63) is 34.9 Å². The second kappa shape index (κ2) is 5.44. The summed E-state index contributed by atoms with van der Waals surface area (Å²) in [5, 5.41) is 28.2. The highest BCUT2D eigenvalue weighted by Gasteiger charge is 2.32. The highest BCUT2D eigenvalue weighted by molar-refractivity contribution is 5.97. The largest absolute Gasteiger partial charge is 0.417 e. The Bertz CT molecular complexity index is 787. The molecule has 2 aromatic heterocycles. The Morgan fingerprint density at radius 3 is 2.68 bits per heavy atom. The number of hydrogen-bond donors (Lipinski definition) is 1. The van der Waals surface area contributed by atoms with Gasteiger partial charge in [0.25, 0.3) is 0 Å². The summed E-state index contributed by atoms with van der Waals surface area (Å²) in [5.41, 5.74) is -0.741. The van der Waals surface area contributed by atoms with Gasteiger partial charge >= 0.3 is 6.18 Å². The smallest absolute Gasteiger partial charge is 0.411 e. The van der Waals surface area contributed by atoms with Crippen molar-refractivity contribution in [2.24, 2.45) is 5.16 Å². The molecule has 0 aliphatic rings. The monoisotopic (exact) mass is 310 g/mol. The van der Waals surface area contributed by atoms with E-state index in [1.807, 2.05) is 0 Å². The Kier molecular flexibility index (Phi) is 3.81. The fourth-order valence-corrected chi connectivity index (χ4v) is 1.80. The van der Waals surface area contributed by atoms with E-state index in [9.17, 15) is 13.2 Å². The molecule has 0 atom stereocenters. The molecule has 0 spiro atoms. The molecule has 22 heavy (non-hydrogen) atoms. The van der Waals surface area contributed by atoms with E-state index in [0.29, 0.717) is 11.9 Å². The minimum Gasteiger partial charge on any atom is -0.411 e. The molecule has 10 heteroatoms. The molecule has 114 valence electrons. The first-order valence-electron chi connectivity index (χ1n) is 5.88.